The van der Waals surface area contributed by atoms with Gasteiger partial charge in [-0.05, 0) is 56.4 Å². The zero-order valence-electron chi connectivity index (χ0n) is 17.0. The van der Waals surface area contributed by atoms with Crippen LogP contribution in [0.1, 0.15) is 35.1 Å². The number of carbonyl (C=O) groups is 1. The Morgan fingerprint density at radius 2 is 1.68 bits per heavy atom. The third-order valence-electron chi connectivity index (χ3n) is 5.99. The van der Waals surface area contributed by atoms with Gasteiger partial charge in [-0.15, -0.1) is 0 Å². The molecule has 148 valence electrons. The molecule has 0 atom stereocenters. The minimum absolute atomic E-state index is 0.135. The van der Waals surface area contributed by atoms with Gasteiger partial charge in [-0.2, -0.15) is 11.8 Å². The molecule has 0 bridgehead atoms. The van der Waals surface area contributed by atoms with Gasteiger partial charge in [-0.3, -0.25) is 4.79 Å². The minimum Gasteiger partial charge on any atom is -0.325 e. The molecule has 3 nitrogen and oxygen atoms in total. The number of nitrogens with one attached hydrogen (secondary N) is 1. The van der Waals surface area contributed by atoms with Gasteiger partial charge in [0, 0.05) is 36.8 Å². The van der Waals surface area contributed by atoms with E-state index in [0.717, 1.165) is 31.5 Å². The molecule has 2 aromatic carbocycles. The molecule has 1 N–H and O–H groups in total. The van der Waals surface area contributed by atoms with Crippen molar-refractivity contribution in [1.82, 2.24) is 4.90 Å². The fourth-order valence-corrected chi connectivity index (χ4v) is 5.12. The molecule has 0 spiro atoms. The third kappa shape index (κ3) is 4.44. The maximum absolute atomic E-state index is 13.0. The minimum atomic E-state index is -0.332. The Morgan fingerprint density at radius 1 is 1.04 bits per heavy atom. The maximum atomic E-state index is 13.0. The van der Waals surface area contributed by atoms with E-state index >= 15 is 0 Å². The summed E-state index contributed by atoms with van der Waals surface area (Å²) in [7, 11) is 0. The second kappa shape index (κ2) is 8.30. The van der Waals surface area contributed by atoms with Crippen LogP contribution in [-0.2, 0) is 16.6 Å². The van der Waals surface area contributed by atoms with E-state index in [-0.39, 0.29) is 11.3 Å². The molecule has 1 aliphatic heterocycles. The van der Waals surface area contributed by atoms with Crippen LogP contribution in [0.3, 0.4) is 0 Å². The smallest absolute Gasteiger partial charge is 0.235 e. The zero-order valence-corrected chi connectivity index (χ0v) is 17.8. The van der Waals surface area contributed by atoms with Crippen molar-refractivity contribution in [2.75, 3.05) is 36.5 Å². The van der Waals surface area contributed by atoms with E-state index in [1.807, 2.05) is 0 Å². The Morgan fingerprint density at radius 3 is 2.29 bits per heavy atom. The molecular weight excluding hydrogens is 364 g/mol. The highest BCUT2D eigenvalue weighted by molar-refractivity contribution is 7.99. The van der Waals surface area contributed by atoms with Gasteiger partial charge in [0.25, 0.3) is 0 Å². The molecule has 2 fully saturated rings. The third-order valence-corrected chi connectivity index (χ3v) is 6.93. The fourth-order valence-electron chi connectivity index (χ4n) is 4.14. The lowest BCUT2D eigenvalue weighted by atomic mass is 9.92. The number of hydrogen-bond acceptors (Lipinski definition) is 3. The maximum Gasteiger partial charge on any atom is 0.235 e. The van der Waals surface area contributed by atoms with Crippen molar-refractivity contribution in [2.24, 2.45) is 0 Å². The summed E-state index contributed by atoms with van der Waals surface area (Å²) in [5.74, 6) is 2.65. The van der Waals surface area contributed by atoms with Crippen LogP contribution < -0.4 is 5.32 Å². The van der Waals surface area contributed by atoms with E-state index in [9.17, 15) is 4.79 Å². The van der Waals surface area contributed by atoms with Gasteiger partial charge in [0.05, 0.1) is 5.41 Å². The predicted octanol–water partition coefficient (Wildman–Crippen LogP) is 4.57. The van der Waals surface area contributed by atoms with Crippen LogP contribution in [0.2, 0.25) is 0 Å². The molecule has 1 amide bonds. The number of aryl methyl sites for hydroxylation is 2. The highest BCUT2D eigenvalue weighted by Gasteiger charge is 2.51. The summed E-state index contributed by atoms with van der Waals surface area (Å²) >= 11 is 2.05. The van der Waals surface area contributed by atoms with Crippen LogP contribution in [0.25, 0.3) is 0 Å². The molecule has 1 saturated heterocycles. The highest BCUT2D eigenvalue weighted by atomic mass is 32.2. The van der Waals surface area contributed by atoms with Crippen molar-refractivity contribution in [3.8, 4) is 0 Å². The summed E-state index contributed by atoms with van der Waals surface area (Å²) < 4.78 is 0. The van der Waals surface area contributed by atoms with Crippen LogP contribution in [0, 0.1) is 13.8 Å². The van der Waals surface area contributed by atoms with Crippen LogP contribution in [-0.4, -0.2) is 41.9 Å². The number of carbonyl (C=O) groups excluding carboxylic acids is 1. The van der Waals surface area contributed by atoms with Gasteiger partial charge >= 0.3 is 0 Å². The van der Waals surface area contributed by atoms with Crippen molar-refractivity contribution < 1.29 is 4.79 Å². The first-order valence-electron chi connectivity index (χ1n) is 10.3. The zero-order chi connectivity index (χ0) is 19.6. The van der Waals surface area contributed by atoms with Crippen LogP contribution in [0.15, 0.2) is 42.5 Å². The number of benzene rings is 2. The normalized spacial score (nSPS) is 18.6. The molecule has 0 aromatic heterocycles. The molecule has 0 radical (unpaired) electrons. The number of rotatable bonds is 6. The number of nitrogens with zero attached hydrogens (tertiary/aromatic N) is 1. The molecule has 28 heavy (non-hydrogen) atoms. The fraction of sp³-hybridized carbons (Fsp3) is 0.458. The molecule has 1 aliphatic carbocycles. The van der Waals surface area contributed by atoms with Gasteiger partial charge in [-0.1, -0.05) is 41.5 Å². The first-order valence-corrected chi connectivity index (χ1v) is 11.5. The molecular formula is C24H30N2OS. The second-order valence-corrected chi connectivity index (χ2v) is 9.54. The van der Waals surface area contributed by atoms with E-state index in [1.54, 1.807) is 0 Å². The van der Waals surface area contributed by atoms with Crippen molar-refractivity contribution in [1.29, 1.82) is 0 Å². The Labute approximate surface area is 172 Å². The number of anilines is 1. The number of amides is 1. The summed E-state index contributed by atoms with van der Waals surface area (Å²) in [6.45, 7) is 7.75. The summed E-state index contributed by atoms with van der Waals surface area (Å²) in [5.41, 5.74) is 5.53. The van der Waals surface area contributed by atoms with Crippen LogP contribution >= 0.6 is 11.8 Å². The highest BCUT2D eigenvalue weighted by Crippen LogP contribution is 2.49. The topological polar surface area (TPSA) is 32.3 Å². The predicted molar refractivity (Wildman–Crippen MR) is 119 cm³/mol. The summed E-state index contributed by atoms with van der Waals surface area (Å²) in [6, 6.07) is 14.9. The lowest BCUT2D eigenvalue weighted by Gasteiger charge is -2.26. The Balaban J connectivity index is 1.36. The Hall–Kier alpha value is -1.78. The summed E-state index contributed by atoms with van der Waals surface area (Å²) in [6.07, 6.45) is 2.95. The average molecular weight is 395 g/mol. The lowest BCUT2D eigenvalue weighted by molar-refractivity contribution is -0.118. The van der Waals surface area contributed by atoms with E-state index in [2.05, 4.69) is 78.3 Å². The molecule has 1 saturated carbocycles. The van der Waals surface area contributed by atoms with Gasteiger partial charge < -0.3 is 10.2 Å². The van der Waals surface area contributed by atoms with Crippen molar-refractivity contribution in [3.63, 3.8) is 0 Å². The molecule has 4 rings (SSSR count). The van der Waals surface area contributed by atoms with Gasteiger partial charge in [-0.25, -0.2) is 0 Å². The lowest BCUT2D eigenvalue weighted by Crippen LogP contribution is -2.34. The number of hydrogen-bond donors (Lipinski definition) is 1. The largest absolute Gasteiger partial charge is 0.325 e. The Kier molecular flexibility index (Phi) is 5.79. The monoisotopic (exact) mass is 394 g/mol. The quantitative estimate of drug-likeness (QED) is 0.779. The first-order chi connectivity index (χ1) is 13.5. The van der Waals surface area contributed by atoms with Gasteiger partial charge in [0.1, 0.15) is 0 Å². The van der Waals surface area contributed by atoms with Crippen LogP contribution in [0.5, 0.6) is 0 Å². The van der Waals surface area contributed by atoms with Crippen molar-refractivity contribution in [2.45, 2.75) is 38.5 Å². The van der Waals surface area contributed by atoms with E-state index in [1.165, 1.54) is 46.8 Å². The van der Waals surface area contributed by atoms with E-state index in [4.69, 9.17) is 0 Å². The standard InChI is InChI=1S/C24H30N2OS/c1-18-15-19(2)17-21(16-18)24(8-9-24)23(27)25-22-5-3-20(4-6-22)7-10-26-11-13-28-14-12-26/h3-6,15-17H,7-14H2,1-2H3,(H,25,27). The summed E-state index contributed by atoms with van der Waals surface area (Å²) in [4.78, 5) is 15.6. The Bertz CT molecular complexity index is 816. The molecule has 2 aromatic rings. The molecule has 2 aliphatic rings. The first kappa shape index (κ1) is 19.5. The number of thioether (sulfide) groups is 1. The SMILES string of the molecule is Cc1cc(C)cc(C2(C(=O)Nc3ccc(CCN4CCSCC4)cc3)CC2)c1. The molecule has 4 heteroatoms. The average Bonchev–Trinajstić information content (AvgIpc) is 3.50. The van der Waals surface area contributed by atoms with E-state index < -0.39 is 0 Å². The molecule has 1 heterocycles. The van der Waals surface area contributed by atoms with E-state index in [0.29, 0.717) is 0 Å². The van der Waals surface area contributed by atoms with Gasteiger partial charge in [0.15, 0.2) is 0 Å². The second-order valence-electron chi connectivity index (χ2n) is 8.31. The molecule has 0 unspecified atom stereocenters. The van der Waals surface area contributed by atoms with Crippen molar-refractivity contribution >= 4 is 23.4 Å². The van der Waals surface area contributed by atoms with Gasteiger partial charge in [0.2, 0.25) is 5.91 Å². The van der Waals surface area contributed by atoms with Crippen LogP contribution in [0.4, 0.5) is 5.69 Å². The summed E-state index contributed by atoms with van der Waals surface area (Å²) in [5, 5.41) is 3.16. The van der Waals surface area contributed by atoms with Crippen molar-refractivity contribution in [3.05, 3.63) is 64.7 Å².